The number of aromatic nitrogens is 2. The van der Waals surface area contributed by atoms with Crippen molar-refractivity contribution >= 4 is 11.7 Å². The molecule has 2 aromatic rings. The summed E-state index contributed by atoms with van der Waals surface area (Å²) in [6, 6.07) is 5.85. The summed E-state index contributed by atoms with van der Waals surface area (Å²) in [6.45, 7) is 3.95. The van der Waals surface area contributed by atoms with Crippen LogP contribution in [0.3, 0.4) is 0 Å². The van der Waals surface area contributed by atoms with Gasteiger partial charge in [-0.1, -0.05) is 6.92 Å². The van der Waals surface area contributed by atoms with Crippen LogP contribution in [-0.2, 0) is 6.18 Å². The first-order valence-corrected chi connectivity index (χ1v) is 6.85. The van der Waals surface area contributed by atoms with Crippen LogP contribution in [0.25, 0.3) is 0 Å². The van der Waals surface area contributed by atoms with E-state index in [9.17, 15) is 18.0 Å². The molecule has 0 radical (unpaired) electrons. The quantitative estimate of drug-likeness (QED) is 0.923. The second-order valence-electron chi connectivity index (χ2n) is 4.95. The molecule has 1 aromatic heterocycles. The lowest BCUT2D eigenvalue weighted by molar-refractivity contribution is -0.137. The summed E-state index contributed by atoms with van der Waals surface area (Å²) in [5, 5.41) is 6.79. The van der Waals surface area contributed by atoms with Gasteiger partial charge in [0.05, 0.1) is 17.8 Å². The van der Waals surface area contributed by atoms with Gasteiger partial charge in [0.25, 0.3) is 5.91 Å². The van der Waals surface area contributed by atoms with Gasteiger partial charge in [0.15, 0.2) is 0 Å². The lowest BCUT2D eigenvalue weighted by Gasteiger charge is -2.14. The predicted molar refractivity (Wildman–Crippen MR) is 76.6 cm³/mol. The summed E-state index contributed by atoms with van der Waals surface area (Å²) in [5.41, 5.74) is -0.626. The van der Waals surface area contributed by atoms with Gasteiger partial charge in [-0.15, -0.1) is 0 Å². The van der Waals surface area contributed by atoms with Crippen LogP contribution in [0.2, 0.25) is 0 Å². The van der Waals surface area contributed by atoms with Crippen molar-refractivity contribution in [3.05, 3.63) is 47.7 Å². The Hall–Kier alpha value is -2.31. The topological polar surface area (TPSA) is 46.9 Å². The second kappa shape index (κ2) is 6.21. The van der Waals surface area contributed by atoms with Gasteiger partial charge in [-0.2, -0.15) is 18.3 Å². The van der Waals surface area contributed by atoms with E-state index in [1.165, 1.54) is 0 Å². The Bertz CT molecular complexity index is 647. The smallest absolute Gasteiger partial charge is 0.307 e. The molecular weight excluding hydrogens is 295 g/mol. The van der Waals surface area contributed by atoms with Crippen molar-refractivity contribution in [3.8, 4) is 0 Å². The fraction of sp³-hybridized carbons (Fsp3) is 0.333. The summed E-state index contributed by atoms with van der Waals surface area (Å²) in [5.74, 6) is 0.0398. The Morgan fingerprint density at radius 2 is 1.91 bits per heavy atom. The first-order valence-electron chi connectivity index (χ1n) is 6.85. The van der Waals surface area contributed by atoms with Gasteiger partial charge in [-0.05, 0) is 37.6 Å². The maximum absolute atomic E-state index is 12.5. The molecule has 0 bridgehead atoms. The first kappa shape index (κ1) is 16.1. The summed E-state index contributed by atoms with van der Waals surface area (Å²) < 4.78 is 39.2. The summed E-state index contributed by atoms with van der Waals surface area (Å²) in [4.78, 5) is 12.1. The molecule has 118 valence electrons. The zero-order chi connectivity index (χ0) is 16.3. The average Bonchev–Trinajstić information content (AvgIpc) is 2.93. The van der Waals surface area contributed by atoms with E-state index < -0.39 is 17.6 Å². The maximum Gasteiger partial charge on any atom is 0.416 e. The highest BCUT2D eigenvalue weighted by Gasteiger charge is 2.30. The number of alkyl halides is 3. The van der Waals surface area contributed by atoms with E-state index in [4.69, 9.17) is 0 Å². The van der Waals surface area contributed by atoms with Crippen LogP contribution in [0.15, 0.2) is 36.5 Å². The van der Waals surface area contributed by atoms with Gasteiger partial charge < -0.3 is 5.32 Å². The number of anilines is 1. The van der Waals surface area contributed by atoms with Crippen molar-refractivity contribution in [1.82, 2.24) is 9.78 Å². The van der Waals surface area contributed by atoms with Gasteiger partial charge >= 0.3 is 6.18 Å². The van der Waals surface area contributed by atoms with E-state index in [2.05, 4.69) is 10.4 Å². The number of hydrogen-bond donors (Lipinski definition) is 1. The standard InChI is InChI=1S/C15H16F3N3O/c1-3-10(2)21-13(8-9-19-21)20-14(22)11-4-6-12(7-5-11)15(16,17)18/h4-10H,3H2,1-2H3,(H,20,22). The van der Waals surface area contributed by atoms with Crippen molar-refractivity contribution in [2.75, 3.05) is 5.32 Å². The molecule has 0 saturated heterocycles. The number of amides is 1. The Morgan fingerprint density at radius 3 is 2.45 bits per heavy atom. The summed E-state index contributed by atoms with van der Waals surface area (Å²) >= 11 is 0. The van der Waals surface area contributed by atoms with E-state index in [1.54, 1.807) is 16.9 Å². The highest BCUT2D eigenvalue weighted by molar-refractivity contribution is 6.03. The van der Waals surface area contributed by atoms with Crippen LogP contribution >= 0.6 is 0 Å². The van der Waals surface area contributed by atoms with Crippen LogP contribution in [0.5, 0.6) is 0 Å². The molecule has 7 heteroatoms. The molecule has 1 atom stereocenters. The van der Waals surface area contributed by atoms with Gasteiger partial charge in [-0.3, -0.25) is 4.79 Å². The van der Waals surface area contributed by atoms with Crippen LogP contribution in [0, 0.1) is 0 Å². The van der Waals surface area contributed by atoms with Gasteiger partial charge in [0.1, 0.15) is 5.82 Å². The van der Waals surface area contributed by atoms with E-state index >= 15 is 0 Å². The molecule has 1 N–H and O–H groups in total. The highest BCUT2D eigenvalue weighted by Crippen LogP contribution is 2.29. The zero-order valence-electron chi connectivity index (χ0n) is 12.2. The van der Waals surface area contributed by atoms with Crippen LogP contribution < -0.4 is 5.32 Å². The number of halogens is 3. The molecule has 1 heterocycles. The number of nitrogens with zero attached hydrogens (tertiary/aromatic N) is 2. The Labute approximate surface area is 125 Å². The van der Waals surface area contributed by atoms with Gasteiger partial charge in [0, 0.05) is 11.6 Å². The molecule has 1 unspecified atom stereocenters. The fourth-order valence-corrected chi connectivity index (χ4v) is 1.94. The van der Waals surface area contributed by atoms with E-state index in [0.29, 0.717) is 5.82 Å². The molecule has 0 saturated carbocycles. The molecule has 0 spiro atoms. The maximum atomic E-state index is 12.5. The molecule has 0 aliphatic rings. The van der Waals surface area contributed by atoms with Crippen LogP contribution in [-0.4, -0.2) is 15.7 Å². The molecular formula is C15H16F3N3O. The third kappa shape index (κ3) is 3.47. The molecule has 0 aliphatic carbocycles. The normalized spacial score (nSPS) is 13.0. The van der Waals surface area contributed by atoms with Crippen LogP contribution in [0.4, 0.5) is 19.0 Å². The lowest BCUT2D eigenvalue weighted by Crippen LogP contribution is -2.17. The number of benzene rings is 1. The van der Waals surface area contributed by atoms with Crippen molar-refractivity contribution in [3.63, 3.8) is 0 Å². The molecule has 1 aromatic carbocycles. The minimum absolute atomic E-state index is 0.109. The third-order valence-electron chi connectivity index (χ3n) is 3.39. The minimum Gasteiger partial charge on any atom is -0.307 e. The molecule has 2 rings (SSSR count). The zero-order valence-corrected chi connectivity index (χ0v) is 12.2. The predicted octanol–water partition coefficient (Wildman–Crippen LogP) is 4.13. The van der Waals surface area contributed by atoms with Crippen molar-refractivity contribution in [2.24, 2.45) is 0 Å². The molecule has 22 heavy (non-hydrogen) atoms. The lowest BCUT2D eigenvalue weighted by atomic mass is 10.1. The monoisotopic (exact) mass is 311 g/mol. The number of carbonyl (C=O) groups is 1. The Morgan fingerprint density at radius 1 is 1.27 bits per heavy atom. The van der Waals surface area contributed by atoms with E-state index in [1.807, 2.05) is 13.8 Å². The number of rotatable bonds is 4. The molecule has 4 nitrogen and oxygen atoms in total. The second-order valence-corrected chi connectivity index (χ2v) is 4.95. The van der Waals surface area contributed by atoms with Gasteiger partial charge in [-0.25, -0.2) is 4.68 Å². The summed E-state index contributed by atoms with van der Waals surface area (Å²) in [6.07, 6.45) is -2.01. The number of nitrogens with one attached hydrogen (secondary N) is 1. The van der Waals surface area contributed by atoms with Crippen molar-refractivity contribution in [1.29, 1.82) is 0 Å². The summed E-state index contributed by atoms with van der Waals surface area (Å²) in [7, 11) is 0. The van der Waals surface area contributed by atoms with Crippen molar-refractivity contribution < 1.29 is 18.0 Å². The highest BCUT2D eigenvalue weighted by atomic mass is 19.4. The molecule has 0 aliphatic heterocycles. The van der Waals surface area contributed by atoms with E-state index in [0.717, 1.165) is 30.7 Å². The Kier molecular flexibility index (Phi) is 4.54. The largest absolute Gasteiger partial charge is 0.416 e. The Balaban J connectivity index is 2.15. The van der Waals surface area contributed by atoms with Crippen LogP contribution in [0.1, 0.15) is 42.2 Å². The van der Waals surface area contributed by atoms with Crippen molar-refractivity contribution in [2.45, 2.75) is 32.5 Å². The SMILES string of the molecule is CCC(C)n1nccc1NC(=O)c1ccc(C(F)(F)F)cc1. The fourth-order valence-electron chi connectivity index (χ4n) is 1.94. The van der Waals surface area contributed by atoms with E-state index in [-0.39, 0.29) is 11.6 Å². The number of hydrogen-bond acceptors (Lipinski definition) is 2. The minimum atomic E-state index is -4.41. The average molecular weight is 311 g/mol. The molecule has 1 amide bonds. The number of carbonyl (C=O) groups excluding carboxylic acids is 1. The molecule has 0 fully saturated rings. The third-order valence-corrected chi connectivity index (χ3v) is 3.39. The first-order chi connectivity index (χ1) is 10.3. The van der Waals surface area contributed by atoms with Gasteiger partial charge in [0.2, 0.25) is 0 Å².